The third-order valence-corrected chi connectivity index (χ3v) is 4.46. The largest absolute Gasteiger partial charge is 0.345 e. The molecule has 1 saturated heterocycles. The molecule has 0 radical (unpaired) electrons. The number of benzene rings is 1. The van der Waals surface area contributed by atoms with Crippen LogP contribution < -0.4 is 10.6 Å². The normalized spacial score (nSPS) is 21.8. The van der Waals surface area contributed by atoms with E-state index in [0.29, 0.717) is 24.2 Å². The van der Waals surface area contributed by atoms with Gasteiger partial charge in [-0.05, 0) is 18.6 Å². The number of carbonyl (C=O) groups excluding carboxylic acids is 3. The number of nitrogens with zero attached hydrogens (tertiary/aromatic N) is 3. The number of para-hydroxylation sites is 1. The minimum Gasteiger partial charge on any atom is -0.345 e. The van der Waals surface area contributed by atoms with Crippen molar-refractivity contribution in [3.8, 4) is 0 Å². The summed E-state index contributed by atoms with van der Waals surface area (Å²) >= 11 is 0. The monoisotopic (exact) mass is 337 g/mol. The van der Waals surface area contributed by atoms with Gasteiger partial charge in [0.25, 0.3) is 11.8 Å². The zero-order valence-electron chi connectivity index (χ0n) is 13.2. The molecule has 8 nitrogen and oxygen atoms in total. The van der Waals surface area contributed by atoms with Gasteiger partial charge in [-0.3, -0.25) is 19.4 Å². The van der Waals surface area contributed by atoms with Crippen molar-refractivity contribution in [2.75, 3.05) is 11.9 Å². The molecule has 2 aliphatic rings. The van der Waals surface area contributed by atoms with Gasteiger partial charge in [0, 0.05) is 18.9 Å². The molecule has 0 aliphatic carbocycles. The number of anilines is 1. The topological polar surface area (TPSA) is 104 Å². The van der Waals surface area contributed by atoms with Crippen molar-refractivity contribution < 1.29 is 14.4 Å². The van der Waals surface area contributed by atoms with Gasteiger partial charge in [0.2, 0.25) is 5.91 Å². The van der Waals surface area contributed by atoms with E-state index in [2.05, 4.69) is 20.6 Å². The lowest BCUT2D eigenvalue weighted by Gasteiger charge is -2.24. The number of aromatic nitrogens is 2. The van der Waals surface area contributed by atoms with Gasteiger partial charge < -0.3 is 15.5 Å². The van der Waals surface area contributed by atoms with E-state index in [-0.39, 0.29) is 17.5 Å². The van der Waals surface area contributed by atoms with E-state index in [1.807, 2.05) is 0 Å². The molecule has 126 valence electrons. The molecule has 0 saturated carbocycles. The van der Waals surface area contributed by atoms with Gasteiger partial charge >= 0.3 is 0 Å². The van der Waals surface area contributed by atoms with Crippen LogP contribution in [0.15, 0.2) is 42.9 Å². The summed E-state index contributed by atoms with van der Waals surface area (Å²) in [4.78, 5) is 47.1. The Morgan fingerprint density at radius 3 is 2.88 bits per heavy atom. The maximum Gasteiger partial charge on any atom is 0.271 e. The first-order chi connectivity index (χ1) is 12.1. The minimum atomic E-state index is -0.750. The summed E-state index contributed by atoms with van der Waals surface area (Å²) in [6.45, 7) is 0.399. The van der Waals surface area contributed by atoms with Crippen molar-refractivity contribution in [3.05, 3.63) is 54.1 Å². The van der Waals surface area contributed by atoms with E-state index in [0.717, 1.165) is 0 Å². The Morgan fingerprint density at radius 2 is 2.08 bits per heavy atom. The number of hydrogen-bond acceptors (Lipinski definition) is 5. The first kappa shape index (κ1) is 15.3. The first-order valence-electron chi connectivity index (χ1n) is 7.93. The van der Waals surface area contributed by atoms with Crippen LogP contribution in [0.5, 0.6) is 0 Å². The Balaban J connectivity index is 1.60. The second kappa shape index (κ2) is 5.97. The van der Waals surface area contributed by atoms with Gasteiger partial charge in [-0.1, -0.05) is 12.1 Å². The van der Waals surface area contributed by atoms with E-state index < -0.39 is 18.0 Å². The molecule has 4 rings (SSSR count). The summed E-state index contributed by atoms with van der Waals surface area (Å²) in [6, 6.07) is 5.67. The van der Waals surface area contributed by atoms with Crippen molar-refractivity contribution in [3.63, 3.8) is 0 Å². The second-order valence-corrected chi connectivity index (χ2v) is 5.94. The Labute approximate surface area is 143 Å². The smallest absolute Gasteiger partial charge is 0.271 e. The molecule has 8 heteroatoms. The molecule has 3 amide bonds. The predicted molar refractivity (Wildman–Crippen MR) is 87.8 cm³/mol. The van der Waals surface area contributed by atoms with Crippen molar-refractivity contribution in [2.24, 2.45) is 0 Å². The van der Waals surface area contributed by atoms with Gasteiger partial charge in [-0.15, -0.1) is 0 Å². The first-order valence-corrected chi connectivity index (χ1v) is 7.93. The van der Waals surface area contributed by atoms with E-state index in [9.17, 15) is 14.4 Å². The summed E-state index contributed by atoms with van der Waals surface area (Å²) in [6.07, 6.45) is 4.76. The lowest BCUT2D eigenvalue weighted by Crippen LogP contribution is -2.51. The van der Waals surface area contributed by atoms with E-state index in [1.165, 1.54) is 23.5 Å². The Morgan fingerprint density at radius 1 is 1.24 bits per heavy atom. The quantitative estimate of drug-likeness (QED) is 0.827. The Hall–Kier alpha value is -3.29. The van der Waals surface area contributed by atoms with Crippen LogP contribution in [0.4, 0.5) is 5.69 Å². The third-order valence-electron chi connectivity index (χ3n) is 4.46. The second-order valence-electron chi connectivity index (χ2n) is 5.94. The maximum absolute atomic E-state index is 12.8. The zero-order chi connectivity index (χ0) is 17.4. The summed E-state index contributed by atoms with van der Waals surface area (Å²) in [5, 5.41) is 5.59. The molecule has 2 aromatic rings. The predicted octanol–water partition coefficient (Wildman–Crippen LogP) is 0.442. The van der Waals surface area contributed by atoms with Gasteiger partial charge in [0.15, 0.2) is 0 Å². The van der Waals surface area contributed by atoms with Crippen LogP contribution in [0.1, 0.15) is 27.3 Å². The number of nitrogens with one attached hydrogen (secondary N) is 2. The molecule has 1 fully saturated rings. The Bertz CT molecular complexity index is 854. The summed E-state index contributed by atoms with van der Waals surface area (Å²) in [5.41, 5.74) is 1.12. The highest BCUT2D eigenvalue weighted by molar-refractivity contribution is 6.10. The minimum absolute atomic E-state index is 0.171. The summed E-state index contributed by atoms with van der Waals surface area (Å²) in [5.74, 6) is -0.933. The third kappa shape index (κ3) is 2.61. The molecule has 25 heavy (non-hydrogen) atoms. The van der Waals surface area contributed by atoms with E-state index in [1.54, 1.807) is 24.3 Å². The lowest BCUT2D eigenvalue weighted by molar-refractivity contribution is -0.120. The number of rotatable bonds is 2. The van der Waals surface area contributed by atoms with Crippen LogP contribution in [-0.2, 0) is 4.79 Å². The van der Waals surface area contributed by atoms with Crippen LogP contribution >= 0.6 is 0 Å². The van der Waals surface area contributed by atoms with Crippen LogP contribution in [0.3, 0.4) is 0 Å². The van der Waals surface area contributed by atoms with Gasteiger partial charge in [-0.25, -0.2) is 4.98 Å². The fourth-order valence-corrected chi connectivity index (χ4v) is 3.29. The average molecular weight is 337 g/mol. The SMILES string of the molecule is O=C(NC1CCN2C(=O)c3ccccc3NC(=O)C12)c1cnccn1. The molecule has 2 atom stereocenters. The number of amides is 3. The van der Waals surface area contributed by atoms with Crippen LogP contribution in [0, 0.1) is 0 Å². The van der Waals surface area contributed by atoms with Gasteiger partial charge in [0.1, 0.15) is 11.7 Å². The molecule has 2 N–H and O–H groups in total. The standard InChI is InChI=1S/C17H15N5O3/c23-15(13-9-18-6-7-19-13)21-12-5-8-22-14(12)16(24)20-11-4-2-1-3-10(11)17(22)25/h1-4,6-7,9,12,14H,5,8H2,(H,20,24)(H,21,23). The highest BCUT2D eigenvalue weighted by atomic mass is 16.2. The van der Waals surface area contributed by atoms with Crippen LogP contribution in [-0.4, -0.2) is 51.2 Å². The fourth-order valence-electron chi connectivity index (χ4n) is 3.29. The fraction of sp³-hybridized carbons (Fsp3) is 0.235. The molecule has 1 aromatic carbocycles. The van der Waals surface area contributed by atoms with Crippen molar-refractivity contribution in [1.82, 2.24) is 20.2 Å². The molecule has 2 aliphatic heterocycles. The lowest BCUT2D eigenvalue weighted by atomic mass is 10.1. The average Bonchev–Trinajstić information content (AvgIpc) is 3.01. The van der Waals surface area contributed by atoms with Gasteiger partial charge in [-0.2, -0.15) is 0 Å². The number of carbonyl (C=O) groups is 3. The van der Waals surface area contributed by atoms with Crippen molar-refractivity contribution in [1.29, 1.82) is 0 Å². The zero-order valence-corrected chi connectivity index (χ0v) is 13.2. The van der Waals surface area contributed by atoms with Crippen molar-refractivity contribution in [2.45, 2.75) is 18.5 Å². The number of hydrogen-bond donors (Lipinski definition) is 2. The van der Waals surface area contributed by atoms with Crippen molar-refractivity contribution >= 4 is 23.4 Å². The maximum atomic E-state index is 12.8. The Kier molecular flexibility index (Phi) is 3.64. The molecule has 1 aromatic heterocycles. The van der Waals surface area contributed by atoms with Gasteiger partial charge in [0.05, 0.1) is 23.5 Å². The number of fused-ring (bicyclic) bond motifs is 2. The molecular weight excluding hydrogens is 322 g/mol. The van der Waals surface area contributed by atoms with Crippen LogP contribution in [0.25, 0.3) is 0 Å². The summed E-state index contributed by atoms with van der Waals surface area (Å²) in [7, 11) is 0. The highest BCUT2D eigenvalue weighted by Gasteiger charge is 2.45. The molecule has 0 spiro atoms. The molecular formula is C17H15N5O3. The molecule has 2 unspecified atom stereocenters. The summed E-state index contributed by atoms with van der Waals surface area (Å²) < 4.78 is 0. The highest BCUT2D eigenvalue weighted by Crippen LogP contribution is 2.28. The van der Waals surface area contributed by atoms with E-state index in [4.69, 9.17) is 0 Å². The molecule has 0 bridgehead atoms. The van der Waals surface area contributed by atoms with E-state index >= 15 is 0 Å². The molecule has 3 heterocycles. The van der Waals surface area contributed by atoms with Crippen LogP contribution in [0.2, 0.25) is 0 Å².